The van der Waals surface area contributed by atoms with E-state index in [1.165, 1.54) is 10.1 Å². The van der Waals surface area contributed by atoms with Crippen LogP contribution in [0.5, 0.6) is 5.75 Å². The van der Waals surface area contributed by atoms with E-state index in [0.717, 1.165) is 45.0 Å². The van der Waals surface area contributed by atoms with Crippen molar-refractivity contribution in [3.05, 3.63) is 54.1 Å². The summed E-state index contributed by atoms with van der Waals surface area (Å²) in [5, 5.41) is 1.26. The Kier molecular flexibility index (Phi) is 5.88. The molecule has 1 saturated heterocycles. The summed E-state index contributed by atoms with van der Waals surface area (Å²) in [6, 6.07) is 15.9. The minimum absolute atomic E-state index is 0.0429. The van der Waals surface area contributed by atoms with Crippen LogP contribution in [0, 0.1) is 0 Å². The Morgan fingerprint density at radius 3 is 2.64 bits per heavy atom. The molecule has 0 saturated carbocycles. The van der Waals surface area contributed by atoms with Crippen molar-refractivity contribution in [2.45, 2.75) is 13.3 Å². The number of fused-ring (bicyclic) bond motifs is 1. The molecule has 28 heavy (non-hydrogen) atoms. The van der Waals surface area contributed by atoms with Crippen molar-refractivity contribution in [3.8, 4) is 5.75 Å². The molecule has 0 amide bonds. The van der Waals surface area contributed by atoms with Gasteiger partial charge in [0.05, 0.1) is 16.9 Å². The van der Waals surface area contributed by atoms with Crippen LogP contribution < -0.4 is 9.64 Å². The van der Waals surface area contributed by atoms with Gasteiger partial charge in [-0.3, -0.25) is 9.69 Å². The molecule has 1 aromatic heterocycles. The van der Waals surface area contributed by atoms with Crippen molar-refractivity contribution in [1.29, 1.82) is 0 Å². The monoisotopic (exact) mass is 395 g/mol. The van der Waals surface area contributed by atoms with Crippen LogP contribution in [0.1, 0.15) is 23.7 Å². The number of aromatic nitrogens is 1. The zero-order valence-corrected chi connectivity index (χ0v) is 17.0. The first-order valence-corrected chi connectivity index (χ1v) is 10.5. The zero-order chi connectivity index (χ0) is 19.3. The van der Waals surface area contributed by atoms with Gasteiger partial charge in [0.1, 0.15) is 11.6 Å². The molecule has 0 aliphatic carbocycles. The molecule has 0 unspecified atom stereocenters. The van der Waals surface area contributed by atoms with Crippen LogP contribution in [0.25, 0.3) is 10.1 Å². The van der Waals surface area contributed by atoms with Crippen molar-refractivity contribution in [3.63, 3.8) is 0 Å². The van der Waals surface area contributed by atoms with Gasteiger partial charge in [0.15, 0.2) is 5.78 Å². The highest BCUT2D eigenvalue weighted by Crippen LogP contribution is 2.29. The van der Waals surface area contributed by atoms with Gasteiger partial charge in [0.2, 0.25) is 0 Å². The van der Waals surface area contributed by atoms with Crippen LogP contribution in [0.2, 0.25) is 0 Å². The predicted molar refractivity (Wildman–Crippen MR) is 115 cm³/mol. The molecule has 0 atom stereocenters. The summed E-state index contributed by atoms with van der Waals surface area (Å²) >= 11 is 1.58. The van der Waals surface area contributed by atoms with Gasteiger partial charge in [-0.05, 0) is 49.1 Å². The first-order valence-electron chi connectivity index (χ1n) is 9.77. The van der Waals surface area contributed by atoms with Crippen molar-refractivity contribution in [2.24, 2.45) is 0 Å². The number of hydrogen-bond acceptors (Lipinski definition) is 6. The van der Waals surface area contributed by atoms with E-state index in [1.54, 1.807) is 18.5 Å². The standard InChI is InChI=1S/C22H25N3O2S/c1-17(26)18-7-2-4-9-20(18)27-16-6-11-24-12-14-25(15-13-24)22-19-8-3-5-10-21(19)28-23-22/h2-5,7-10H,6,11-16H2,1H3. The normalized spacial score (nSPS) is 15.1. The van der Waals surface area contributed by atoms with Gasteiger partial charge < -0.3 is 9.64 Å². The number of hydrogen-bond donors (Lipinski definition) is 0. The Morgan fingerprint density at radius 2 is 1.82 bits per heavy atom. The van der Waals surface area contributed by atoms with Crippen LogP contribution in [0.15, 0.2) is 48.5 Å². The Balaban J connectivity index is 1.24. The lowest BCUT2D eigenvalue weighted by Gasteiger charge is -2.35. The minimum Gasteiger partial charge on any atom is -0.493 e. The number of anilines is 1. The number of Topliss-reactive ketones (excluding diaryl/α,β-unsaturated/α-hetero) is 1. The van der Waals surface area contributed by atoms with Crippen molar-refractivity contribution in [2.75, 3.05) is 44.2 Å². The molecule has 2 heterocycles. The third-order valence-electron chi connectivity index (χ3n) is 5.17. The topological polar surface area (TPSA) is 45.7 Å². The molecule has 6 heteroatoms. The van der Waals surface area contributed by atoms with E-state index in [1.807, 2.05) is 24.3 Å². The van der Waals surface area contributed by atoms with E-state index >= 15 is 0 Å². The third kappa shape index (κ3) is 4.18. The van der Waals surface area contributed by atoms with Crippen molar-refractivity contribution in [1.82, 2.24) is 9.27 Å². The Labute approximate surface area is 169 Å². The van der Waals surface area contributed by atoms with Gasteiger partial charge in [-0.25, -0.2) is 0 Å². The average molecular weight is 396 g/mol. The number of ketones is 1. The number of nitrogens with zero attached hydrogens (tertiary/aromatic N) is 3. The van der Waals surface area contributed by atoms with Gasteiger partial charge in [0, 0.05) is 38.1 Å². The molecule has 3 aromatic rings. The van der Waals surface area contributed by atoms with Gasteiger partial charge >= 0.3 is 0 Å². The number of ether oxygens (including phenoxy) is 1. The largest absolute Gasteiger partial charge is 0.493 e. The number of rotatable bonds is 7. The summed E-state index contributed by atoms with van der Waals surface area (Å²) in [7, 11) is 0. The van der Waals surface area contributed by atoms with Crippen molar-refractivity contribution < 1.29 is 9.53 Å². The van der Waals surface area contributed by atoms with E-state index in [-0.39, 0.29) is 5.78 Å². The first-order chi connectivity index (χ1) is 13.7. The summed E-state index contributed by atoms with van der Waals surface area (Å²) in [5.41, 5.74) is 0.659. The van der Waals surface area contributed by atoms with Gasteiger partial charge in [-0.1, -0.05) is 24.3 Å². The lowest BCUT2D eigenvalue weighted by molar-refractivity contribution is 0.101. The van der Waals surface area contributed by atoms with Crippen LogP contribution in [-0.2, 0) is 0 Å². The lowest BCUT2D eigenvalue weighted by atomic mass is 10.1. The molecule has 5 nitrogen and oxygen atoms in total. The highest BCUT2D eigenvalue weighted by atomic mass is 32.1. The first kappa shape index (κ1) is 18.9. The van der Waals surface area contributed by atoms with Crippen LogP contribution in [0.4, 0.5) is 5.82 Å². The molecular formula is C22H25N3O2S. The number of para-hydroxylation sites is 1. The number of carbonyl (C=O) groups is 1. The summed E-state index contributed by atoms with van der Waals surface area (Å²) in [6.07, 6.45) is 0.950. The van der Waals surface area contributed by atoms with Crippen molar-refractivity contribution >= 4 is 33.2 Å². The van der Waals surface area contributed by atoms with Crippen LogP contribution in [-0.4, -0.2) is 54.4 Å². The third-order valence-corrected chi connectivity index (χ3v) is 5.99. The molecule has 0 bridgehead atoms. The summed E-state index contributed by atoms with van der Waals surface area (Å²) < 4.78 is 11.8. The van der Waals surface area contributed by atoms with Gasteiger partial charge in [0.25, 0.3) is 0 Å². The fraction of sp³-hybridized carbons (Fsp3) is 0.364. The number of benzene rings is 2. The number of carbonyl (C=O) groups excluding carboxylic acids is 1. The van der Waals surface area contributed by atoms with E-state index in [0.29, 0.717) is 17.9 Å². The highest BCUT2D eigenvalue weighted by molar-refractivity contribution is 7.13. The van der Waals surface area contributed by atoms with E-state index < -0.39 is 0 Å². The molecule has 2 aromatic carbocycles. The highest BCUT2D eigenvalue weighted by Gasteiger charge is 2.20. The quantitative estimate of drug-likeness (QED) is 0.445. The summed E-state index contributed by atoms with van der Waals surface area (Å²) in [4.78, 5) is 16.5. The Morgan fingerprint density at radius 1 is 1.07 bits per heavy atom. The molecule has 1 fully saturated rings. The Bertz CT molecular complexity index is 948. The average Bonchev–Trinajstić information content (AvgIpc) is 3.16. The maximum absolute atomic E-state index is 11.7. The molecule has 0 spiro atoms. The predicted octanol–water partition coefficient (Wildman–Crippen LogP) is 4.09. The van der Waals surface area contributed by atoms with E-state index in [9.17, 15) is 4.79 Å². The molecule has 1 aliphatic heterocycles. The second-order valence-corrected chi connectivity index (χ2v) is 7.89. The van der Waals surface area contributed by atoms with Crippen LogP contribution in [0.3, 0.4) is 0 Å². The molecule has 0 radical (unpaired) electrons. The number of piperazine rings is 1. The molecule has 0 N–H and O–H groups in total. The molecule has 1 aliphatic rings. The fourth-order valence-electron chi connectivity index (χ4n) is 3.64. The second-order valence-electron chi connectivity index (χ2n) is 7.09. The summed E-state index contributed by atoms with van der Waals surface area (Å²) in [5.74, 6) is 1.86. The van der Waals surface area contributed by atoms with Gasteiger partial charge in [-0.2, -0.15) is 4.37 Å². The molecule has 146 valence electrons. The smallest absolute Gasteiger partial charge is 0.163 e. The summed E-state index contributed by atoms with van der Waals surface area (Å²) in [6.45, 7) is 7.29. The SMILES string of the molecule is CC(=O)c1ccccc1OCCCN1CCN(c2nsc3ccccc23)CC1. The maximum Gasteiger partial charge on any atom is 0.163 e. The minimum atomic E-state index is 0.0429. The Hall–Kier alpha value is -2.44. The second kappa shape index (κ2) is 8.71. The molecule has 4 rings (SSSR count). The maximum atomic E-state index is 11.7. The van der Waals surface area contributed by atoms with Gasteiger partial charge in [-0.15, -0.1) is 0 Å². The zero-order valence-electron chi connectivity index (χ0n) is 16.1. The van der Waals surface area contributed by atoms with Crippen LogP contribution >= 0.6 is 11.5 Å². The van der Waals surface area contributed by atoms with E-state index in [2.05, 4.69) is 38.4 Å². The lowest BCUT2D eigenvalue weighted by Crippen LogP contribution is -2.47. The van der Waals surface area contributed by atoms with E-state index in [4.69, 9.17) is 4.74 Å². The fourth-order valence-corrected chi connectivity index (χ4v) is 4.43. The molecular weight excluding hydrogens is 370 g/mol.